The number of fused-ring (bicyclic) bond motifs is 1. The van der Waals surface area contributed by atoms with Crippen molar-refractivity contribution in [2.24, 2.45) is 0 Å². The van der Waals surface area contributed by atoms with Gasteiger partial charge in [-0.15, -0.1) is 0 Å². The van der Waals surface area contributed by atoms with Gasteiger partial charge in [-0.3, -0.25) is 0 Å². The summed E-state index contributed by atoms with van der Waals surface area (Å²) in [5.74, 6) is 0.989. The molecule has 0 bridgehead atoms. The number of ether oxygens (including phenoxy) is 1. The van der Waals surface area contributed by atoms with E-state index in [1.165, 1.54) is 16.7 Å². The maximum Gasteiger partial charge on any atom is 0.410 e. The molecule has 1 aromatic carbocycles. The average molecular weight is 426 g/mol. The second kappa shape index (κ2) is 8.31. The molecule has 158 valence electrons. The molecule has 3 heterocycles. The molecule has 2 aliphatic heterocycles. The van der Waals surface area contributed by atoms with E-state index >= 15 is 0 Å². The highest BCUT2D eigenvalue weighted by molar-refractivity contribution is 6.30. The lowest BCUT2D eigenvalue weighted by molar-refractivity contribution is 0.0270. The van der Waals surface area contributed by atoms with E-state index in [2.05, 4.69) is 41.3 Å². The van der Waals surface area contributed by atoms with Gasteiger partial charge in [0.1, 0.15) is 11.4 Å². The molecule has 0 radical (unpaired) electrons. The number of halogens is 1. The van der Waals surface area contributed by atoms with Crippen molar-refractivity contribution >= 4 is 29.1 Å². The summed E-state index contributed by atoms with van der Waals surface area (Å²) in [5, 5.41) is 0.798. The number of hydrogen-bond donors (Lipinski definition) is 0. The molecule has 0 fully saturated rings. The Hall–Kier alpha value is -2.53. The highest BCUT2D eigenvalue weighted by atomic mass is 35.5. The molecule has 4 rings (SSSR count). The number of anilines is 1. The van der Waals surface area contributed by atoms with Crippen LogP contribution in [0.2, 0.25) is 5.02 Å². The molecular weight excluding hydrogens is 398 g/mol. The van der Waals surface area contributed by atoms with Crippen LogP contribution in [-0.4, -0.2) is 41.2 Å². The maximum absolute atomic E-state index is 12.3. The zero-order valence-corrected chi connectivity index (χ0v) is 18.6. The van der Waals surface area contributed by atoms with Crippen LogP contribution in [0.25, 0.3) is 5.57 Å². The summed E-state index contributed by atoms with van der Waals surface area (Å²) in [4.78, 5) is 21.3. The first-order valence-electron chi connectivity index (χ1n) is 10.5. The van der Waals surface area contributed by atoms with E-state index < -0.39 is 5.60 Å². The fourth-order valence-electron chi connectivity index (χ4n) is 3.89. The highest BCUT2D eigenvalue weighted by Crippen LogP contribution is 2.28. The molecule has 2 aromatic rings. The number of carbonyl (C=O) groups is 1. The standard InChI is InChI=1S/C24H28ClN3O2/c1-24(2,3)30-23(29)27-12-9-17(10-13-27)21-5-4-6-22(26-21)28-14-11-18-15-20(25)8-7-19(18)16-28/h4-9,15H,10-14,16H2,1-3H3. The predicted molar refractivity (Wildman–Crippen MR) is 121 cm³/mol. The Morgan fingerprint density at radius 2 is 1.93 bits per heavy atom. The van der Waals surface area contributed by atoms with Gasteiger partial charge in [0, 0.05) is 31.2 Å². The van der Waals surface area contributed by atoms with Crippen molar-refractivity contribution in [2.75, 3.05) is 24.5 Å². The van der Waals surface area contributed by atoms with Gasteiger partial charge in [-0.05, 0) is 74.6 Å². The molecule has 0 atom stereocenters. The molecule has 0 saturated heterocycles. The molecule has 0 unspecified atom stereocenters. The van der Waals surface area contributed by atoms with E-state index in [0.29, 0.717) is 13.1 Å². The monoisotopic (exact) mass is 425 g/mol. The molecule has 1 amide bonds. The third-order valence-corrected chi connectivity index (χ3v) is 5.66. The van der Waals surface area contributed by atoms with Crippen LogP contribution in [0.15, 0.2) is 42.5 Å². The molecule has 5 nitrogen and oxygen atoms in total. The zero-order valence-electron chi connectivity index (χ0n) is 17.8. The molecule has 0 N–H and O–H groups in total. The number of carbonyl (C=O) groups excluding carboxylic acids is 1. The first-order chi connectivity index (χ1) is 14.3. The van der Waals surface area contributed by atoms with Crippen molar-refractivity contribution in [1.29, 1.82) is 0 Å². The predicted octanol–water partition coefficient (Wildman–Crippen LogP) is 5.32. The second-order valence-electron chi connectivity index (χ2n) is 8.87. The van der Waals surface area contributed by atoms with E-state index in [1.807, 2.05) is 26.8 Å². The lowest BCUT2D eigenvalue weighted by Gasteiger charge is -2.31. The van der Waals surface area contributed by atoms with Gasteiger partial charge in [-0.25, -0.2) is 9.78 Å². The van der Waals surface area contributed by atoms with E-state index in [9.17, 15) is 4.79 Å². The maximum atomic E-state index is 12.3. The van der Waals surface area contributed by atoms with Crippen molar-refractivity contribution in [3.63, 3.8) is 0 Å². The molecule has 30 heavy (non-hydrogen) atoms. The van der Waals surface area contributed by atoms with Crippen LogP contribution in [-0.2, 0) is 17.7 Å². The summed E-state index contributed by atoms with van der Waals surface area (Å²) in [7, 11) is 0. The summed E-state index contributed by atoms with van der Waals surface area (Å²) in [6.07, 6.45) is 3.57. The molecule has 6 heteroatoms. The lowest BCUT2D eigenvalue weighted by Crippen LogP contribution is -2.39. The fraction of sp³-hybridized carbons (Fsp3) is 0.417. The first kappa shape index (κ1) is 20.7. The Bertz CT molecular complexity index is 981. The van der Waals surface area contributed by atoms with Gasteiger partial charge < -0.3 is 14.5 Å². The molecule has 0 aliphatic carbocycles. The quantitative estimate of drug-likeness (QED) is 0.653. The minimum absolute atomic E-state index is 0.258. The summed E-state index contributed by atoms with van der Waals surface area (Å²) >= 11 is 6.13. The number of benzene rings is 1. The topological polar surface area (TPSA) is 45.7 Å². The zero-order chi connectivity index (χ0) is 21.3. The van der Waals surface area contributed by atoms with Gasteiger partial charge in [-0.2, -0.15) is 0 Å². The molecule has 2 aliphatic rings. The summed E-state index contributed by atoms with van der Waals surface area (Å²) in [5.41, 5.74) is 4.32. The number of pyridine rings is 1. The summed E-state index contributed by atoms with van der Waals surface area (Å²) < 4.78 is 5.48. The largest absolute Gasteiger partial charge is 0.444 e. The van der Waals surface area contributed by atoms with Crippen LogP contribution < -0.4 is 4.90 Å². The molecule has 0 saturated carbocycles. The minimum atomic E-state index is -0.477. The molecule has 1 aromatic heterocycles. The van der Waals surface area contributed by atoms with Crippen molar-refractivity contribution in [2.45, 2.75) is 45.8 Å². The van der Waals surface area contributed by atoms with Gasteiger partial charge in [-0.1, -0.05) is 29.8 Å². The third-order valence-electron chi connectivity index (χ3n) is 5.43. The van der Waals surface area contributed by atoms with Crippen molar-refractivity contribution in [3.05, 3.63) is 64.3 Å². The highest BCUT2D eigenvalue weighted by Gasteiger charge is 2.24. The lowest BCUT2D eigenvalue weighted by atomic mass is 10.00. The van der Waals surface area contributed by atoms with Gasteiger partial charge >= 0.3 is 6.09 Å². The summed E-state index contributed by atoms with van der Waals surface area (Å²) in [6.45, 7) is 8.62. The Kier molecular flexibility index (Phi) is 5.74. The van der Waals surface area contributed by atoms with Crippen LogP contribution >= 0.6 is 11.6 Å². The number of hydrogen-bond acceptors (Lipinski definition) is 4. The second-order valence-corrected chi connectivity index (χ2v) is 9.31. The SMILES string of the molecule is CC(C)(C)OC(=O)N1CC=C(c2cccc(N3CCc4cc(Cl)ccc4C3)n2)CC1. The van der Waals surface area contributed by atoms with Gasteiger partial charge in [0.15, 0.2) is 0 Å². The van der Waals surface area contributed by atoms with Crippen LogP contribution in [0.4, 0.5) is 10.6 Å². The third kappa shape index (κ3) is 4.78. The number of amides is 1. The van der Waals surface area contributed by atoms with Crippen molar-refractivity contribution < 1.29 is 9.53 Å². The van der Waals surface area contributed by atoms with Gasteiger partial charge in [0.25, 0.3) is 0 Å². The Morgan fingerprint density at radius 1 is 1.10 bits per heavy atom. The number of nitrogens with zero attached hydrogens (tertiary/aromatic N) is 3. The number of aromatic nitrogens is 1. The molecular formula is C24H28ClN3O2. The van der Waals surface area contributed by atoms with Crippen LogP contribution in [0.3, 0.4) is 0 Å². The van der Waals surface area contributed by atoms with Crippen LogP contribution in [0.1, 0.15) is 44.0 Å². The normalized spacial score (nSPS) is 16.7. The summed E-state index contributed by atoms with van der Waals surface area (Å²) in [6, 6.07) is 12.3. The smallest absolute Gasteiger partial charge is 0.410 e. The van der Waals surface area contributed by atoms with E-state index in [1.54, 1.807) is 4.90 Å². The van der Waals surface area contributed by atoms with E-state index in [4.69, 9.17) is 21.3 Å². The fourth-order valence-corrected chi connectivity index (χ4v) is 4.08. The average Bonchev–Trinajstić information content (AvgIpc) is 2.72. The molecule has 0 spiro atoms. The van der Waals surface area contributed by atoms with Crippen molar-refractivity contribution in [1.82, 2.24) is 9.88 Å². The van der Waals surface area contributed by atoms with E-state index in [-0.39, 0.29) is 6.09 Å². The van der Waals surface area contributed by atoms with Gasteiger partial charge in [0.05, 0.1) is 5.69 Å². The Balaban J connectivity index is 1.45. The van der Waals surface area contributed by atoms with E-state index in [0.717, 1.165) is 42.5 Å². The van der Waals surface area contributed by atoms with Crippen LogP contribution in [0, 0.1) is 0 Å². The van der Waals surface area contributed by atoms with Crippen molar-refractivity contribution in [3.8, 4) is 0 Å². The van der Waals surface area contributed by atoms with Gasteiger partial charge in [0.2, 0.25) is 0 Å². The minimum Gasteiger partial charge on any atom is -0.444 e. The first-order valence-corrected chi connectivity index (χ1v) is 10.8. The number of rotatable bonds is 2. The Morgan fingerprint density at radius 3 is 2.67 bits per heavy atom. The van der Waals surface area contributed by atoms with Crippen LogP contribution in [0.5, 0.6) is 0 Å². The Labute approximate surface area is 183 Å².